The molecule has 1 aromatic carbocycles. The van der Waals surface area contributed by atoms with E-state index in [0.29, 0.717) is 30.1 Å². The summed E-state index contributed by atoms with van der Waals surface area (Å²) in [5.74, 6) is -0.660. The predicted molar refractivity (Wildman–Crippen MR) is 115 cm³/mol. The van der Waals surface area contributed by atoms with Gasteiger partial charge in [-0.1, -0.05) is 6.92 Å². The minimum Gasteiger partial charge on any atom is -0.352 e. The molecule has 2 atom stereocenters. The Bertz CT molecular complexity index is 1150. The first-order valence-corrected chi connectivity index (χ1v) is 10.8. The van der Waals surface area contributed by atoms with Gasteiger partial charge in [-0.05, 0) is 37.3 Å². The van der Waals surface area contributed by atoms with Gasteiger partial charge in [0.2, 0.25) is 5.95 Å². The van der Waals surface area contributed by atoms with Gasteiger partial charge < -0.3 is 10.2 Å². The second kappa shape index (κ2) is 9.35. The van der Waals surface area contributed by atoms with Crippen molar-refractivity contribution in [2.75, 3.05) is 18.4 Å². The Labute approximate surface area is 193 Å². The minimum absolute atomic E-state index is 0.0394. The van der Waals surface area contributed by atoms with E-state index in [9.17, 15) is 22.4 Å². The van der Waals surface area contributed by atoms with Crippen molar-refractivity contribution >= 4 is 11.9 Å². The Kier molecular flexibility index (Phi) is 6.49. The average Bonchev–Trinajstić information content (AvgIpc) is 3.32. The number of alkyl halides is 3. The standard InChI is InChI=1S/C22H23F4N7O/c1-13-4-3-7-32(18(13)12-29-21-27-10-15(11-28-21)22(24,25)26)20(34)19-14(2)8-16(23)9-17(19)33-30-5-6-31-33/h5-6,8-11,13,18H,3-4,7,12H2,1-2H3,(H,27,28,29). The quantitative estimate of drug-likeness (QED) is 0.562. The molecule has 1 fully saturated rings. The number of benzene rings is 1. The number of nitrogens with zero attached hydrogens (tertiary/aromatic N) is 6. The highest BCUT2D eigenvalue weighted by molar-refractivity contribution is 5.99. The van der Waals surface area contributed by atoms with Gasteiger partial charge in [-0.3, -0.25) is 4.79 Å². The third-order valence-corrected chi connectivity index (χ3v) is 5.95. The third-order valence-electron chi connectivity index (χ3n) is 5.95. The molecule has 0 aliphatic carbocycles. The minimum atomic E-state index is -4.52. The summed E-state index contributed by atoms with van der Waals surface area (Å²) in [5, 5.41) is 11.1. The number of hydrogen-bond donors (Lipinski definition) is 1. The molecule has 1 aliphatic rings. The van der Waals surface area contributed by atoms with E-state index >= 15 is 0 Å². The van der Waals surface area contributed by atoms with Crippen LogP contribution < -0.4 is 5.32 Å². The lowest BCUT2D eigenvalue weighted by Gasteiger charge is -2.40. The molecule has 0 bridgehead atoms. The molecule has 12 heteroatoms. The van der Waals surface area contributed by atoms with Crippen LogP contribution in [0.15, 0.2) is 36.9 Å². The molecule has 8 nitrogen and oxygen atoms in total. The molecule has 0 saturated carbocycles. The molecular formula is C22H23F4N7O. The van der Waals surface area contributed by atoms with Crippen LogP contribution in [0.3, 0.4) is 0 Å². The zero-order chi connectivity index (χ0) is 24.5. The number of hydrogen-bond acceptors (Lipinski definition) is 6. The van der Waals surface area contributed by atoms with Crippen molar-refractivity contribution in [3.8, 4) is 5.69 Å². The molecule has 0 radical (unpaired) electrons. The van der Waals surface area contributed by atoms with E-state index in [1.54, 1.807) is 11.8 Å². The molecular weight excluding hydrogens is 454 g/mol. The first-order chi connectivity index (χ1) is 16.1. The normalized spacial score (nSPS) is 18.7. The molecule has 1 saturated heterocycles. The van der Waals surface area contributed by atoms with Gasteiger partial charge in [0.25, 0.3) is 5.91 Å². The Morgan fingerprint density at radius 2 is 1.85 bits per heavy atom. The number of aryl methyl sites for hydroxylation is 1. The van der Waals surface area contributed by atoms with Crippen molar-refractivity contribution in [1.82, 2.24) is 29.9 Å². The first-order valence-electron chi connectivity index (χ1n) is 10.8. The number of piperidine rings is 1. The van der Waals surface area contributed by atoms with Crippen molar-refractivity contribution < 1.29 is 22.4 Å². The molecule has 2 unspecified atom stereocenters. The molecule has 3 heterocycles. The van der Waals surface area contributed by atoms with Crippen molar-refractivity contribution in [1.29, 1.82) is 0 Å². The fraction of sp³-hybridized carbons (Fsp3) is 0.409. The first kappa shape index (κ1) is 23.6. The SMILES string of the molecule is Cc1cc(F)cc(-n2nccn2)c1C(=O)N1CCCC(C)C1CNc1ncc(C(F)(F)F)cn1. The van der Waals surface area contributed by atoms with Crippen molar-refractivity contribution in [3.05, 3.63) is 59.4 Å². The van der Waals surface area contributed by atoms with Crippen LogP contribution in [0.2, 0.25) is 0 Å². The van der Waals surface area contributed by atoms with E-state index in [1.165, 1.54) is 29.3 Å². The van der Waals surface area contributed by atoms with E-state index in [0.717, 1.165) is 12.8 Å². The van der Waals surface area contributed by atoms with Crippen LogP contribution in [0.1, 0.15) is 41.3 Å². The summed E-state index contributed by atoms with van der Waals surface area (Å²) in [4.78, 5) is 24.1. The molecule has 1 N–H and O–H groups in total. The van der Waals surface area contributed by atoms with Gasteiger partial charge in [-0.25, -0.2) is 14.4 Å². The van der Waals surface area contributed by atoms with Gasteiger partial charge in [-0.15, -0.1) is 0 Å². The second-order valence-corrected chi connectivity index (χ2v) is 8.29. The number of anilines is 1. The number of carbonyl (C=O) groups is 1. The smallest absolute Gasteiger partial charge is 0.352 e. The van der Waals surface area contributed by atoms with Gasteiger partial charge in [0.1, 0.15) is 11.5 Å². The van der Waals surface area contributed by atoms with E-state index in [4.69, 9.17) is 0 Å². The highest BCUT2D eigenvalue weighted by atomic mass is 19.4. The molecule has 0 spiro atoms. The highest BCUT2D eigenvalue weighted by Gasteiger charge is 2.35. The number of halogens is 4. The Balaban J connectivity index is 1.59. The van der Waals surface area contributed by atoms with Crippen LogP contribution in [-0.2, 0) is 6.18 Å². The number of carbonyl (C=O) groups excluding carboxylic acids is 1. The molecule has 2 aromatic heterocycles. The number of nitrogens with one attached hydrogen (secondary N) is 1. The second-order valence-electron chi connectivity index (χ2n) is 8.29. The summed E-state index contributed by atoms with van der Waals surface area (Å²) >= 11 is 0. The molecule has 1 amide bonds. The third kappa shape index (κ3) is 4.85. The van der Waals surface area contributed by atoms with E-state index in [-0.39, 0.29) is 36.0 Å². The van der Waals surface area contributed by atoms with E-state index in [1.807, 2.05) is 6.92 Å². The van der Waals surface area contributed by atoms with Crippen molar-refractivity contribution in [2.45, 2.75) is 38.9 Å². The van der Waals surface area contributed by atoms with Crippen molar-refractivity contribution in [2.24, 2.45) is 5.92 Å². The van der Waals surface area contributed by atoms with Gasteiger partial charge in [-0.2, -0.15) is 28.2 Å². The maximum absolute atomic E-state index is 14.2. The maximum Gasteiger partial charge on any atom is 0.419 e. The summed E-state index contributed by atoms with van der Waals surface area (Å²) < 4.78 is 52.5. The van der Waals surface area contributed by atoms with E-state index < -0.39 is 17.6 Å². The average molecular weight is 477 g/mol. The Morgan fingerprint density at radius 1 is 1.18 bits per heavy atom. The predicted octanol–water partition coefficient (Wildman–Crippen LogP) is 3.88. The summed E-state index contributed by atoms with van der Waals surface area (Å²) in [6.45, 7) is 4.38. The topological polar surface area (TPSA) is 88.8 Å². The number of amides is 1. The monoisotopic (exact) mass is 477 g/mol. The summed E-state index contributed by atoms with van der Waals surface area (Å²) in [5.41, 5.74) is 0.0479. The van der Waals surface area contributed by atoms with Crippen LogP contribution in [0, 0.1) is 18.7 Å². The molecule has 3 aromatic rings. The van der Waals surface area contributed by atoms with E-state index in [2.05, 4.69) is 25.5 Å². The van der Waals surface area contributed by atoms with Gasteiger partial charge in [0, 0.05) is 31.5 Å². The highest BCUT2D eigenvalue weighted by Crippen LogP contribution is 2.30. The maximum atomic E-state index is 14.2. The fourth-order valence-electron chi connectivity index (χ4n) is 4.22. The zero-order valence-electron chi connectivity index (χ0n) is 18.6. The van der Waals surface area contributed by atoms with Gasteiger partial charge >= 0.3 is 6.18 Å². The van der Waals surface area contributed by atoms with Gasteiger partial charge in [0.05, 0.1) is 29.6 Å². The van der Waals surface area contributed by atoms with Crippen LogP contribution in [0.4, 0.5) is 23.5 Å². The summed E-state index contributed by atoms with van der Waals surface area (Å²) in [6.07, 6.45) is 1.45. The van der Waals surface area contributed by atoms with Crippen LogP contribution in [0.25, 0.3) is 5.69 Å². The Morgan fingerprint density at radius 3 is 2.50 bits per heavy atom. The lowest BCUT2D eigenvalue weighted by molar-refractivity contribution is -0.138. The number of rotatable bonds is 5. The largest absolute Gasteiger partial charge is 0.419 e. The van der Waals surface area contributed by atoms with Crippen LogP contribution in [0.5, 0.6) is 0 Å². The molecule has 4 rings (SSSR count). The lowest BCUT2D eigenvalue weighted by atomic mass is 9.89. The van der Waals surface area contributed by atoms with Gasteiger partial charge in [0.15, 0.2) is 0 Å². The molecule has 1 aliphatic heterocycles. The number of likely N-dealkylation sites (tertiary alicyclic amines) is 1. The van der Waals surface area contributed by atoms with Crippen LogP contribution >= 0.6 is 0 Å². The Hall–Kier alpha value is -3.57. The fourth-order valence-corrected chi connectivity index (χ4v) is 4.22. The molecule has 180 valence electrons. The summed E-state index contributed by atoms with van der Waals surface area (Å²) in [6, 6.07) is 2.23. The summed E-state index contributed by atoms with van der Waals surface area (Å²) in [7, 11) is 0. The van der Waals surface area contributed by atoms with Crippen molar-refractivity contribution in [3.63, 3.8) is 0 Å². The zero-order valence-corrected chi connectivity index (χ0v) is 18.6. The lowest BCUT2D eigenvalue weighted by Crippen LogP contribution is -2.51. The molecule has 34 heavy (non-hydrogen) atoms. The number of aromatic nitrogens is 5. The van der Waals surface area contributed by atoms with Crippen LogP contribution in [-0.4, -0.2) is 54.9 Å².